The first kappa shape index (κ1) is 15.7. The molecule has 0 aliphatic heterocycles. The van der Waals surface area contributed by atoms with Gasteiger partial charge in [-0.2, -0.15) is 0 Å². The fraction of sp³-hybridized carbons (Fsp3) is 0.167. The first-order valence-electron chi connectivity index (χ1n) is 7.43. The van der Waals surface area contributed by atoms with Gasteiger partial charge in [0, 0.05) is 25.2 Å². The topological polar surface area (TPSA) is 68.5 Å². The molecule has 3 rings (SSSR count). The van der Waals surface area contributed by atoms with Crippen molar-refractivity contribution in [2.24, 2.45) is 0 Å². The molecule has 1 aromatic heterocycles. The van der Waals surface area contributed by atoms with Crippen molar-refractivity contribution in [2.45, 2.75) is 6.61 Å². The SMILES string of the molecule is CN(C)C(=O)c1ccc(COc2ccc(-c3nnco3)cc2)cc1. The van der Waals surface area contributed by atoms with Gasteiger partial charge in [0.2, 0.25) is 12.3 Å². The highest BCUT2D eigenvalue weighted by Gasteiger charge is 2.07. The van der Waals surface area contributed by atoms with Crippen molar-refractivity contribution in [1.29, 1.82) is 0 Å². The molecule has 6 nitrogen and oxygen atoms in total. The Morgan fingerprint density at radius 2 is 1.79 bits per heavy atom. The Bertz CT molecular complexity index is 795. The van der Waals surface area contributed by atoms with E-state index in [1.165, 1.54) is 6.39 Å². The maximum absolute atomic E-state index is 11.8. The van der Waals surface area contributed by atoms with Crippen LogP contribution in [0, 0.1) is 0 Å². The highest BCUT2D eigenvalue weighted by molar-refractivity contribution is 5.93. The van der Waals surface area contributed by atoms with Gasteiger partial charge in [-0.25, -0.2) is 0 Å². The molecule has 122 valence electrons. The van der Waals surface area contributed by atoms with Crippen LogP contribution >= 0.6 is 0 Å². The largest absolute Gasteiger partial charge is 0.489 e. The summed E-state index contributed by atoms with van der Waals surface area (Å²) in [5.74, 6) is 1.20. The molecule has 1 amide bonds. The molecular weight excluding hydrogens is 306 g/mol. The van der Waals surface area contributed by atoms with Gasteiger partial charge >= 0.3 is 0 Å². The first-order valence-corrected chi connectivity index (χ1v) is 7.43. The lowest BCUT2D eigenvalue weighted by Crippen LogP contribution is -2.21. The van der Waals surface area contributed by atoms with E-state index in [0.717, 1.165) is 16.9 Å². The number of hydrogen-bond acceptors (Lipinski definition) is 5. The second kappa shape index (κ2) is 6.95. The number of nitrogens with zero attached hydrogens (tertiary/aromatic N) is 3. The maximum Gasteiger partial charge on any atom is 0.253 e. The minimum atomic E-state index is -0.0147. The van der Waals surface area contributed by atoms with Crippen molar-refractivity contribution in [1.82, 2.24) is 15.1 Å². The number of aromatic nitrogens is 2. The average Bonchev–Trinajstić information content (AvgIpc) is 3.15. The van der Waals surface area contributed by atoms with E-state index in [-0.39, 0.29) is 5.91 Å². The summed E-state index contributed by atoms with van der Waals surface area (Å²) in [7, 11) is 3.47. The molecule has 0 saturated heterocycles. The molecule has 0 spiro atoms. The third kappa shape index (κ3) is 3.60. The Kier molecular flexibility index (Phi) is 4.56. The molecule has 0 bridgehead atoms. The molecule has 3 aromatic rings. The average molecular weight is 323 g/mol. The van der Waals surface area contributed by atoms with Crippen LogP contribution in [0.15, 0.2) is 59.3 Å². The van der Waals surface area contributed by atoms with Crippen LogP contribution in [0.4, 0.5) is 0 Å². The number of rotatable bonds is 5. The van der Waals surface area contributed by atoms with Crippen LogP contribution in [0.25, 0.3) is 11.5 Å². The van der Waals surface area contributed by atoms with E-state index in [2.05, 4.69) is 10.2 Å². The second-order valence-electron chi connectivity index (χ2n) is 5.45. The zero-order chi connectivity index (χ0) is 16.9. The van der Waals surface area contributed by atoms with Gasteiger partial charge in [0.15, 0.2) is 0 Å². The Labute approximate surface area is 139 Å². The second-order valence-corrected chi connectivity index (χ2v) is 5.45. The highest BCUT2D eigenvalue weighted by atomic mass is 16.5. The minimum Gasteiger partial charge on any atom is -0.489 e. The normalized spacial score (nSPS) is 10.4. The van der Waals surface area contributed by atoms with E-state index in [1.54, 1.807) is 31.1 Å². The summed E-state index contributed by atoms with van der Waals surface area (Å²) in [6.07, 6.45) is 1.30. The molecule has 0 fully saturated rings. The summed E-state index contributed by atoms with van der Waals surface area (Å²) < 4.78 is 10.9. The van der Waals surface area contributed by atoms with Gasteiger partial charge in [-0.1, -0.05) is 12.1 Å². The standard InChI is InChI=1S/C18H17N3O3/c1-21(2)18(22)15-5-3-13(4-6-15)11-23-16-9-7-14(8-10-16)17-20-19-12-24-17/h3-10,12H,11H2,1-2H3. The lowest BCUT2D eigenvalue weighted by molar-refractivity contribution is 0.0827. The zero-order valence-electron chi connectivity index (χ0n) is 13.5. The van der Waals surface area contributed by atoms with E-state index in [0.29, 0.717) is 18.1 Å². The number of amides is 1. The smallest absolute Gasteiger partial charge is 0.253 e. The molecule has 24 heavy (non-hydrogen) atoms. The minimum absolute atomic E-state index is 0.0147. The summed E-state index contributed by atoms with van der Waals surface area (Å²) in [4.78, 5) is 13.4. The molecule has 0 saturated carbocycles. The first-order chi connectivity index (χ1) is 11.6. The van der Waals surface area contributed by atoms with Gasteiger partial charge < -0.3 is 14.1 Å². The lowest BCUT2D eigenvalue weighted by Gasteiger charge is -2.11. The van der Waals surface area contributed by atoms with Gasteiger partial charge in [-0.15, -0.1) is 10.2 Å². The predicted molar refractivity (Wildman–Crippen MR) is 88.5 cm³/mol. The maximum atomic E-state index is 11.8. The Hall–Kier alpha value is -3.15. The van der Waals surface area contributed by atoms with Gasteiger partial charge in [-0.05, 0) is 42.0 Å². The van der Waals surface area contributed by atoms with Crippen LogP contribution in [0.1, 0.15) is 15.9 Å². The van der Waals surface area contributed by atoms with E-state index >= 15 is 0 Å². The quantitative estimate of drug-likeness (QED) is 0.722. The molecule has 1 heterocycles. The van der Waals surface area contributed by atoms with E-state index in [4.69, 9.17) is 9.15 Å². The third-order valence-corrected chi connectivity index (χ3v) is 3.47. The number of hydrogen-bond donors (Lipinski definition) is 0. The van der Waals surface area contributed by atoms with Crippen molar-refractivity contribution < 1.29 is 13.9 Å². The number of ether oxygens (including phenoxy) is 1. The van der Waals surface area contributed by atoms with Crippen molar-refractivity contribution in [3.63, 3.8) is 0 Å². The molecule has 0 atom stereocenters. The molecule has 2 aromatic carbocycles. The number of carbonyl (C=O) groups is 1. The van der Waals surface area contributed by atoms with Crippen molar-refractivity contribution >= 4 is 5.91 Å². The molecule has 0 unspecified atom stereocenters. The van der Waals surface area contributed by atoms with Crippen LogP contribution < -0.4 is 4.74 Å². The summed E-state index contributed by atoms with van der Waals surface area (Å²) in [6, 6.07) is 14.8. The van der Waals surface area contributed by atoms with E-state index < -0.39 is 0 Å². The molecule has 6 heteroatoms. The monoisotopic (exact) mass is 323 g/mol. The van der Waals surface area contributed by atoms with Crippen molar-refractivity contribution in [3.05, 3.63) is 66.1 Å². The summed E-state index contributed by atoms with van der Waals surface area (Å²) in [6.45, 7) is 0.427. The molecule has 0 aliphatic carbocycles. The van der Waals surface area contributed by atoms with Gasteiger partial charge in [0.1, 0.15) is 12.4 Å². The molecule has 0 radical (unpaired) electrons. The van der Waals surface area contributed by atoms with Gasteiger partial charge in [0.05, 0.1) is 0 Å². The van der Waals surface area contributed by atoms with E-state index in [9.17, 15) is 4.79 Å². The van der Waals surface area contributed by atoms with E-state index in [1.807, 2.05) is 36.4 Å². The van der Waals surface area contributed by atoms with Crippen LogP contribution in [-0.4, -0.2) is 35.1 Å². The predicted octanol–water partition coefficient (Wildman–Crippen LogP) is 3.02. The number of benzene rings is 2. The third-order valence-electron chi connectivity index (χ3n) is 3.47. The fourth-order valence-electron chi connectivity index (χ4n) is 2.16. The van der Waals surface area contributed by atoms with Crippen molar-refractivity contribution in [3.8, 4) is 17.2 Å². The van der Waals surface area contributed by atoms with Crippen LogP contribution in [0.5, 0.6) is 5.75 Å². The van der Waals surface area contributed by atoms with Gasteiger partial charge in [0.25, 0.3) is 5.91 Å². The van der Waals surface area contributed by atoms with Crippen LogP contribution in [0.2, 0.25) is 0 Å². The number of carbonyl (C=O) groups excluding carboxylic acids is 1. The lowest BCUT2D eigenvalue weighted by atomic mass is 10.1. The fourth-order valence-corrected chi connectivity index (χ4v) is 2.16. The van der Waals surface area contributed by atoms with Crippen molar-refractivity contribution in [2.75, 3.05) is 14.1 Å². The zero-order valence-corrected chi connectivity index (χ0v) is 13.5. The summed E-state index contributed by atoms with van der Waals surface area (Å²) >= 11 is 0. The Morgan fingerprint density at radius 1 is 1.08 bits per heavy atom. The van der Waals surface area contributed by atoms with Gasteiger partial charge in [-0.3, -0.25) is 4.79 Å². The molecule has 0 N–H and O–H groups in total. The molecular formula is C18H17N3O3. The summed E-state index contributed by atoms with van der Waals surface area (Å²) in [5.41, 5.74) is 2.49. The van der Waals surface area contributed by atoms with Crippen LogP contribution in [0.3, 0.4) is 0 Å². The Morgan fingerprint density at radius 3 is 2.38 bits per heavy atom. The highest BCUT2D eigenvalue weighted by Crippen LogP contribution is 2.21. The van der Waals surface area contributed by atoms with Crippen LogP contribution in [-0.2, 0) is 6.61 Å². The molecule has 0 aliphatic rings. The summed E-state index contributed by atoms with van der Waals surface area (Å²) in [5, 5.41) is 7.51. The Balaban J connectivity index is 1.60.